The van der Waals surface area contributed by atoms with Gasteiger partial charge in [-0.15, -0.1) is 22.7 Å². The first-order valence-electron chi connectivity index (χ1n) is 6.96. The number of hydrogen-bond acceptors (Lipinski definition) is 7. The molecule has 2 aromatic rings. The third-order valence-electron chi connectivity index (χ3n) is 3.11. The number of ether oxygens (including phenoxy) is 1. The van der Waals surface area contributed by atoms with Crippen LogP contribution < -0.4 is 0 Å². The molecule has 0 aliphatic rings. The van der Waals surface area contributed by atoms with Gasteiger partial charge < -0.3 is 4.74 Å². The van der Waals surface area contributed by atoms with Gasteiger partial charge in [0.05, 0.1) is 0 Å². The molecule has 0 saturated heterocycles. The van der Waals surface area contributed by atoms with Crippen molar-refractivity contribution < 1.29 is 14.6 Å². The number of rotatable bonds is 10. The molecule has 0 aromatic carbocycles. The summed E-state index contributed by atoms with van der Waals surface area (Å²) in [5.74, 6) is 0. The molecule has 2 unspecified atom stereocenters. The Morgan fingerprint density at radius 3 is 1.65 bits per heavy atom. The van der Waals surface area contributed by atoms with E-state index in [1.165, 1.54) is 22.7 Å². The summed E-state index contributed by atoms with van der Waals surface area (Å²) < 4.78 is 5.75. The summed E-state index contributed by atoms with van der Waals surface area (Å²) in [7, 11) is 0. The summed E-state index contributed by atoms with van der Waals surface area (Å²) >= 11 is 2.98. The highest BCUT2D eigenvalue weighted by Crippen LogP contribution is 2.18. The summed E-state index contributed by atoms with van der Waals surface area (Å²) in [6.45, 7) is -0.729. The predicted molar refractivity (Wildman–Crippen MR) is 88.4 cm³/mol. The minimum absolute atomic E-state index is 0.365. The molecule has 0 aliphatic heterocycles. The molecular weight excluding hydrogens is 340 g/mol. The largest absolute Gasteiger partial charge is 0.361 e. The zero-order valence-corrected chi connectivity index (χ0v) is 13.8. The predicted octanol–water partition coefficient (Wildman–Crippen LogP) is 2.90. The van der Waals surface area contributed by atoms with E-state index >= 15 is 0 Å². The van der Waals surface area contributed by atoms with Crippen LogP contribution in [0.15, 0.2) is 35.0 Å². The van der Waals surface area contributed by atoms with Crippen LogP contribution in [0, 0.1) is 20.2 Å². The smallest absolute Gasteiger partial charge is 0.230 e. The molecule has 0 N–H and O–H groups in total. The van der Waals surface area contributed by atoms with Crippen molar-refractivity contribution in [3.05, 3.63) is 65.0 Å². The molecule has 0 bridgehead atoms. The normalized spacial score (nSPS) is 13.6. The standard InChI is InChI=1S/C14H16N2O5S2/c17-15(18)9-11(7-13-3-1-5-22-13)21-12(10-16(19)20)8-14-4-2-6-23-14/h1-6,11-12H,7-10H2. The summed E-state index contributed by atoms with van der Waals surface area (Å²) in [5.41, 5.74) is 0. The van der Waals surface area contributed by atoms with Gasteiger partial charge in [0.2, 0.25) is 13.1 Å². The van der Waals surface area contributed by atoms with E-state index in [-0.39, 0.29) is 13.1 Å². The highest BCUT2D eigenvalue weighted by molar-refractivity contribution is 7.10. The quantitative estimate of drug-likeness (QED) is 0.482. The Balaban J connectivity index is 2.04. The van der Waals surface area contributed by atoms with Crippen molar-refractivity contribution in [1.82, 2.24) is 0 Å². The van der Waals surface area contributed by atoms with E-state index < -0.39 is 22.1 Å². The molecular formula is C14H16N2O5S2. The van der Waals surface area contributed by atoms with Crippen LogP contribution in [0.3, 0.4) is 0 Å². The van der Waals surface area contributed by atoms with E-state index in [1.807, 2.05) is 35.0 Å². The highest BCUT2D eigenvalue weighted by atomic mass is 32.1. The number of nitrogens with zero attached hydrogens (tertiary/aromatic N) is 2. The topological polar surface area (TPSA) is 95.5 Å². The van der Waals surface area contributed by atoms with Crippen LogP contribution >= 0.6 is 22.7 Å². The van der Waals surface area contributed by atoms with E-state index in [2.05, 4.69) is 0 Å². The molecule has 0 saturated carbocycles. The van der Waals surface area contributed by atoms with E-state index in [9.17, 15) is 20.2 Å². The van der Waals surface area contributed by atoms with Crippen molar-refractivity contribution >= 4 is 22.7 Å². The number of thiophene rings is 2. The minimum atomic E-state index is -0.673. The fraction of sp³-hybridized carbons (Fsp3) is 0.429. The fourth-order valence-electron chi connectivity index (χ4n) is 2.22. The van der Waals surface area contributed by atoms with E-state index in [4.69, 9.17) is 4.74 Å². The molecule has 124 valence electrons. The van der Waals surface area contributed by atoms with Gasteiger partial charge in [0.1, 0.15) is 12.2 Å². The molecule has 0 amide bonds. The van der Waals surface area contributed by atoms with Gasteiger partial charge in [-0.05, 0) is 22.9 Å². The first-order valence-corrected chi connectivity index (χ1v) is 8.72. The second-order valence-corrected chi connectivity index (χ2v) is 7.04. The van der Waals surface area contributed by atoms with Crippen molar-refractivity contribution in [3.8, 4) is 0 Å². The molecule has 0 fully saturated rings. The Labute approximate surface area is 140 Å². The molecule has 2 atom stereocenters. The minimum Gasteiger partial charge on any atom is -0.361 e. The first kappa shape index (κ1) is 17.5. The lowest BCUT2D eigenvalue weighted by atomic mass is 10.2. The number of nitro groups is 2. The molecule has 0 spiro atoms. The molecule has 9 heteroatoms. The molecule has 0 aliphatic carbocycles. The average molecular weight is 356 g/mol. The second kappa shape index (κ2) is 8.70. The Morgan fingerprint density at radius 2 is 1.35 bits per heavy atom. The lowest BCUT2D eigenvalue weighted by Crippen LogP contribution is -2.35. The molecule has 0 radical (unpaired) electrons. The van der Waals surface area contributed by atoms with Gasteiger partial charge in [0.15, 0.2) is 0 Å². The van der Waals surface area contributed by atoms with Crippen LogP contribution in [-0.4, -0.2) is 35.1 Å². The maximum Gasteiger partial charge on any atom is 0.230 e. The molecule has 2 aromatic heterocycles. The summed E-state index contributed by atoms with van der Waals surface area (Å²) in [6, 6.07) is 7.48. The zero-order chi connectivity index (χ0) is 16.7. The van der Waals surface area contributed by atoms with Gasteiger partial charge in [-0.2, -0.15) is 0 Å². The van der Waals surface area contributed by atoms with Crippen molar-refractivity contribution in [1.29, 1.82) is 0 Å². The Hall–Kier alpha value is -1.84. The van der Waals surface area contributed by atoms with Crippen LogP contribution in [0.1, 0.15) is 9.75 Å². The van der Waals surface area contributed by atoms with Gasteiger partial charge in [0.25, 0.3) is 0 Å². The van der Waals surface area contributed by atoms with Crippen molar-refractivity contribution in [2.45, 2.75) is 25.0 Å². The second-order valence-electron chi connectivity index (χ2n) is 4.98. The van der Waals surface area contributed by atoms with Gasteiger partial charge in [-0.25, -0.2) is 0 Å². The zero-order valence-electron chi connectivity index (χ0n) is 12.2. The fourth-order valence-corrected chi connectivity index (χ4v) is 3.76. The van der Waals surface area contributed by atoms with Crippen LogP contribution in [-0.2, 0) is 17.6 Å². The third-order valence-corrected chi connectivity index (χ3v) is 4.91. The molecule has 2 rings (SSSR count). The lowest BCUT2D eigenvalue weighted by molar-refractivity contribution is -0.505. The highest BCUT2D eigenvalue weighted by Gasteiger charge is 2.26. The summed E-state index contributed by atoms with van der Waals surface area (Å²) in [4.78, 5) is 22.8. The SMILES string of the molecule is O=[N+]([O-])CC(Cc1cccs1)OC(Cc1cccs1)C[N+](=O)[O-]. The first-order chi connectivity index (χ1) is 11.0. The molecule has 23 heavy (non-hydrogen) atoms. The third kappa shape index (κ3) is 6.43. The van der Waals surface area contributed by atoms with Gasteiger partial charge in [0, 0.05) is 32.4 Å². The van der Waals surface area contributed by atoms with Crippen LogP contribution in [0.4, 0.5) is 0 Å². The summed E-state index contributed by atoms with van der Waals surface area (Å²) in [5, 5.41) is 25.5. The van der Waals surface area contributed by atoms with E-state index in [0.29, 0.717) is 12.8 Å². The van der Waals surface area contributed by atoms with Crippen LogP contribution in [0.2, 0.25) is 0 Å². The van der Waals surface area contributed by atoms with Crippen LogP contribution in [0.25, 0.3) is 0 Å². The van der Waals surface area contributed by atoms with Gasteiger partial charge in [-0.1, -0.05) is 12.1 Å². The van der Waals surface area contributed by atoms with E-state index in [1.54, 1.807) is 0 Å². The van der Waals surface area contributed by atoms with Gasteiger partial charge in [-0.3, -0.25) is 20.2 Å². The maximum absolute atomic E-state index is 10.9. The van der Waals surface area contributed by atoms with Crippen molar-refractivity contribution in [3.63, 3.8) is 0 Å². The number of hydrogen-bond donors (Lipinski definition) is 0. The van der Waals surface area contributed by atoms with E-state index in [0.717, 1.165) is 9.75 Å². The monoisotopic (exact) mass is 356 g/mol. The Kier molecular flexibility index (Phi) is 6.63. The Morgan fingerprint density at radius 1 is 0.913 bits per heavy atom. The average Bonchev–Trinajstić information content (AvgIpc) is 3.10. The Bertz CT molecular complexity index is 561. The van der Waals surface area contributed by atoms with Crippen LogP contribution in [0.5, 0.6) is 0 Å². The lowest BCUT2D eigenvalue weighted by Gasteiger charge is -2.19. The molecule has 2 heterocycles. The van der Waals surface area contributed by atoms with Crippen molar-refractivity contribution in [2.24, 2.45) is 0 Å². The summed E-state index contributed by atoms with van der Waals surface area (Å²) in [6.07, 6.45) is -0.573. The molecule has 7 nitrogen and oxygen atoms in total. The van der Waals surface area contributed by atoms with Gasteiger partial charge >= 0.3 is 0 Å². The van der Waals surface area contributed by atoms with Crippen molar-refractivity contribution in [2.75, 3.05) is 13.1 Å². The maximum atomic E-state index is 10.9.